The van der Waals surface area contributed by atoms with Crippen LogP contribution in [0.1, 0.15) is 17.3 Å². The van der Waals surface area contributed by atoms with Gasteiger partial charge in [-0.15, -0.1) is 0 Å². The number of nitrogens with one attached hydrogen (secondary N) is 1. The van der Waals surface area contributed by atoms with Crippen molar-refractivity contribution >= 4 is 26.8 Å². The zero-order valence-electron chi connectivity index (χ0n) is 11.9. The molecule has 3 aromatic rings. The van der Waals surface area contributed by atoms with Crippen LogP contribution in [0.3, 0.4) is 0 Å². The van der Waals surface area contributed by atoms with E-state index in [2.05, 4.69) is 69.8 Å². The second-order valence-corrected chi connectivity index (χ2v) is 6.01. The molecule has 0 radical (unpaired) electrons. The first-order valence-corrected chi connectivity index (χ1v) is 7.83. The summed E-state index contributed by atoms with van der Waals surface area (Å²) in [5.74, 6) is 0. The number of pyridine rings is 1. The van der Waals surface area contributed by atoms with Crippen LogP contribution in [0.25, 0.3) is 10.9 Å². The van der Waals surface area contributed by atoms with Crippen molar-refractivity contribution in [3.63, 3.8) is 0 Å². The van der Waals surface area contributed by atoms with E-state index in [0.717, 1.165) is 22.1 Å². The van der Waals surface area contributed by atoms with Crippen LogP contribution in [0.2, 0.25) is 0 Å². The normalized spacial score (nSPS) is 12.5. The van der Waals surface area contributed by atoms with Crippen LogP contribution in [-0.4, -0.2) is 12.0 Å². The Morgan fingerprint density at radius 2 is 1.76 bits per heavy atom. The molecule has 0 aliphatic heterocycles. The van der Waals surface area contributed by atoms with Crippen molar-refractivity contribution in [2.45, 2.75) is 12.5 Å². The summed E-state index contributed by atoms with van der Waals surface area (Å²) in [6, 6.07) is 21.2. The number of fused-ring (bicyclic) bond motifs is 1. The summed E-state index contributed by atoms with van der Waals surface area (Å²) in [7, 11) is 1.99. The minimum absolute atomic E-state index is 0.270. The predicted octanol–water partition coefficient (Wildman–Crippen LogP) is 4.50. The van der Waals surface area contributed by atoms with Gasteiger partial charge in [-0.05, 0) is 36.9 Å². The number of benzene rings is 2. The zero-order chi connectivity index (χ0) is 14.7. The van der Waals surface area contributed by atoms with Crippen LogP contribution >= 0.6 is 15.9 Å². The van der Waals surface area contributed by atoms with E-state index >= 15 is 0 Å². The van der Waals surface area contributed by atoms with E-state index in [-0.39, 0.29) is 6.04 Å². The molecule has 3 rings (SSSR count). The molecule has 1 N–H and O–H groups in total. The molecule has 21 heavy (non-hydrogen) atoms. The lowest BCUT2D eigenvalue weighted by Crippen LogP contribution is -2.19. The standard InChI is InChI=1S/C18H17BrN2/c1-20-18(14-6-9-15(19)10-7-14)12-16-11-8-13-4-2-3-5-17(13)21-16/h2-11,18,20H,12H2,1H3. The largest absolute Gasteiger partial charge is 0.313 e. The number of nitrogens with zero attached hydrogens (tertiary/aromatic N) is 1. The molecule has 3 heteroatoms. The second kappa shape index (κ2) is 6.37. The third-order valence-corrected chi connectivity index (χ3v) is 4.22. The highest BCUT2D eigenvalue weighted by atomic mass is 79.9. The molecule has 2 aromatic carbocycles. The third-order valence-electron chi connectivity index (χ3n) is 3.69. The predicted molar refractivity (Wildman–Crippen MR) is 91.4 cm³/mol. The Bertz CT molecular complexity index is 738. The minimum atomic E-state index is 0.270. The maximum atomic E-state index is 4.76. The molecule has 0 saturated carbocycles. The van der Waals surface area contributed by atoms with Crippen molar-refractivity contribution < 1.29 is 0 Å². The SMILES string of the molecule is CNC(Cc1ccc2ccccc2n1)c1ccc(Br)cc1. The number of rotatable bonds is 4. The highest BCUT2D eigenvalue weighted by molar-refractivity contribution is 9.10. The van der Waals surface area contributed by atoms with E-state index in [0.29, 0.717) is 0 Å². The summed E-state index contributed by atoms with van der Waals surface area (Å²) in [5.41, 5.74) is 3.44. The van der Waals surface area contributed by atoms with E-state index in [1.165, 1.54) is 10.9 Å². The zero-order valence-corrected chi connectivity index (χ0v) is 13.5. The summed E-state index contributed by atoms with van der Waals surface area (Å²) in [4.78, 5) is 4.76. The van der Waals surface area contributed by atoms with Gasteiger partial charge in [-0.1, -0.05) is 52.3 Å². The lowest BCUT2D eigenvalue weighted by Gasteiger charge is -2.16. The Hall–Kier alpha value is -1.71. The number of hydrogen-bond acceptors (Lipinski definition) is 2. The van der Waals surface area contributed by atoms with Crippen LogP contribution in [0, 0.1) is 0 Å². The highest BCUT2D eigenvalue weighted by Crippen LogP contribution is 2.21. The van der Waals surface area contributed by atoms with Gasteiger partial charge in [0.2, 0.25) is 0 Å². The summed E-state index contributed by atoms with van der Waals surface area (Å²) in [6.07, 6.45) is 0.878. The number of halogens is 1. The number of likely N-dealkylation sites (N-methyl/N-ethyl adjacent to an activating group) is 1. The van der Waals surface area contributed by atoms with Crippen LogP contribution in [0.4, 0.5) is 0 Å². The molecule has 1 aromatic heterocycles. The summed E-state index contributed by atoms with van der Waals surface area (Å²) in [6.45, 7) is 0. The molecule has 106 valence electrons. The Balaban J connectivity index is 1.86. The highest BCUT2D eigenvalue weighted by Gasteiger charge is 2.11. The van der Waals surface area contributed by atoms with Gasteiger partial charge < -0.3 is 5.32 Å². The topological polar surface area (TPSA) is 24.9 Å². The van der Waals surface area contributed by atoms with E-state index < -0.39 is 0 Å². The maximum Gasteiger partial charge on any atom is 0.0705 e. The van der Waals surface area contributed by atoms with Crippen molar-refractivity contribution in [3.8, 4) is 0 Å². The number of para-hydroxylation sites is 1. The van der Waals surface area contributed by atoms with Gasteiger partial charge in [0.05, 0.1) is 5.52 Å². The van der Waals surface area contributed by atoms with Crippen molar-refractivity contribution in [3.05, 3.63) is 76.4 Å². The molecule has 0 amide bonds. The van der Waals surface area contributed by atoms with Crippen LogP contribution in [0.5, 0.6) is 0 Å². The van der Waals surface area contributed by atoms with E-state index in [1.54, 1.807) is 0 Å². The molecule has 1 unspecified atom stereocenters. The lowest BCUT2D eigenvalue weighted by molar-refractivity contribution is 0.585. The Morgan fingerprint density at radius 3 is 2.52 bits per heavy atom. The monoisotopic (exact) mass is 340 g/mol. The maximum absolute atomic E-state index is 4.76. The molecule has 0 bridgehead atoms. The fraction of sp³-hybridized carbons (Fsp3) is 0.167. The lowest BCUT2D eigenvalue weighted by atomic mass is 10.0. The molecular formula is C18H17BrN2. The molecule has 0 spiro atoms. The molecule has 0 aliphatic carbocycles. The Labute approximate surface area is 133 Å². The van der Waals surface area contributed by atoms with E-state index in [1.807, 2.05) is 19.2 Å². The van der Waals surface area contributed by atoms with Gasteiger partial charge in [0.15, 0.2) is 0 Å². The van der Waals surface area contributed by atoms with Crippen LogP contribution < -0.4 is 5.32 Å². The van der Waals surface area contributed by atoms with Crippen LogP contribution in [-0.2, 0) is 6.42 Å². The molecule has 0 fully saturated rings. The number of aromatic nitrogens is 1. The summed E-state index contributed by atoms with van der Waals surface area (Å²) in [5, 5.41) is 4.57. The van der Waals surface area contributed by atoms with Crippen molar-refractivity contribution in [2.75, 3.05) is 7.05 Å². The Kier molecular flexibility index (Phi) is 4.32. The van der Waals surface area contributed by atoms with Crippen LogP contribution in [0.15, 0.2) is 65.1 Å². The molecule has 0 aliphatic rings. The molecule has 1 heterocycles. The molecule has 0 saturated heterocycles. The first-order valence-electron chi connectivity index (χ1n) is 7.03. The molecule has 2 nitrogen and oxygen atoms in total. The third kappa shape index (κ3) is 3.31. The summed E-state index contributed by atoms with van der Waals surface area (Å²) >= 11 is 3.48. The average molecular weight is 341 g/mol. The van der Waals surface area contributed by atoms with Gasteiger partial charge in [-0.3, -0.25) is 4.98 Å². The minimum Gasteiger partial charge on any atom is -0.313 e. The van der Waals surface area contributed by atoms with Gasteiger partial charge >= 0.3 is 0 Å². The van der Waals surface area contributed by atoms with Gasteiger partial charge in [0, 0.05) is 28.0 Å². The van der Waals surface area contributed by atoms with Crippen molar-refractivity contribution in [2.24, 2.45) is 0 Å². The molecular weight excluding hydrogens is 324 g/mol. The summed E-state index contributed by atoms with van der Waals surface area (Å²) < 4.78 is 1.10. The Morgan fingerprint density at radius 1 is 1.00 bits per heavy atom. The fourth-order valence-corrected chi connectivity index (χ4v) is 2.78. The van der Waals surface area contributed by atoms with Crippen molar-refractivity contribution in [1.29, 1.82) is 0 Å². The smallest absolute Gasteiger partial charge is 0.0705 e. The first-order chi connectivity index (χ1) is 10.3. The van der Waals surface area contributed by atoms with Gasteiger partial charge in [0.1, 0.15) is 0 Å². The van der Waals surface area contributed by atoms with Crippen molar-refractivity contribution in [1.82, 2.24) is 10.3 Å². The van der Waals surface area contributed by atoms with E-state index in [9.17, 15) is 0 Å². The quantitative estimate of drug-likeness (QED) is 0.756. The average Bonchev–Trinajstić information content (AvgIpc) is 2.53. The van der Waals surface area contributed by atoms with Gasteiger partial charge in [0.25, 0.3) is 0 Å². The first kappa shape index (κ1) is 14.2. The number of hydrogen-bond donors (Lipinski definition) is 1. The fourth-order valence-electron chi connectivity index (χ4n) is 2.51. The second-order valence-electron chi connectivity index (χ2n) is 5.09. The van der Waals surface area contributed by atoms with Gasteiger partial charge in [-0.25, -0.2) is 0 Å². The molecule has 1 atom stereocenters. The van der Waals surface area contributed by atoms with Gasteiger partial charge in [-0.2, -0.15) is 0 Å². The van der Waals surface area contributed by atoms with E-state index in [4.69, 9.17) is 4.98 Å².